The highest BCUT2D eigenvalue weighted by molar-refractivity contribution is 7.89. The standard InChI is InChI=1S/C17H21N3O4S/c1-18-25(23,24)15-8-9-16(19-12-15)20-14(7-10-17(21)22)11-13-5-3-2-4-6-13/h2-6,8-9,12,14,18H,7,10-11H2,1H3,(H,19,20)(H,21,22). The number of nitrogens with zero attached hydrogens (tertiary/aromatic N) is 1. The zero-order valence-electron chi connectivity index (χ0n) is 13.8. The van der Waals surface area contributed by atoms with Crippen LogP contribution in [0.2, 0.25) is 0 Å². The predicted octanol–water partition coefficient (Wildman–Crippen LogP) is 1.88. The molecule has 1 heterocycles. The molecule has 2 rings (SSSR count). The molecule has 0 bridgehead atoms. The minimum Gasteiger partial charge on any atom is -0.481 e. The SMILES string of the molecule is CNS(=O)(=O)c1ccc(NC(CCC(=O)O)Cc2ccccc2)nc1. The molecule has 1 aromatic carbocycles. The first-order valence-corrected chi connectivity index (χ1v) is 9.31. The van der Waals surface area contributed by atoms with Crippen molar-refractivity contribution in [1.29, 1.82) is 0 Å². The highest BCUT2D eigenvalue weighted by Gasteiger charge is 2.15. The number of hydrogen-bond donors (Lipinski definition) is 3. The molecular formula is C17H21N3O4S. The van der Waals surface area contributed by atoms with E-state index >= 15 is 0 Å². The number of rotatable bonds is 9. The molecule has 8 heteroatoms. The van der Waals surface area contributed by atoms with Crippen LogP contribution in [0.1, 0.15) is 18.4 Å². The van der Waals surface area contributed by atoms with Crippen molar-refractivity contribution in [3.63, 3.8) is 0 Å². The number of aromatic nitrogens is 1. The Labute approximate surface area is 147 Å². The summed E-state index contributed by atoms with van der Waals surface area (Å²) in [5, 5.41) is 12.1. The molecule has 0 radical (unpaired) electrons. The van der Waals surface area contributed by atoms with Crippen molar-refractivity contribution in [2.75, 3.05) is 12.4 Å². The zero-order chi connectivity index (χ0) is 18.3. The summed E-state index contributed by atoms with van der Waals surface area (Å²) in [6.07, 6.45) is 2.39. The molecule has 0 aliphatic carbocycles. The summed E-state index contributed by atoms with van der Waals surface area (Å²) in [6.45, 7) is 0. The van der Waals surface area contributed by atoms with Crippen LogP contribution in [0, 0.1) is 0 Å². The third kappa shape index (κ3) is 5.84. The van der Waals surface area contributed by atoms with Crippen LogP contribution in [0.15, 0.2) is 53.6 Å². The predicted molar refractivity (Wildman–Crippen MR) is 94.9 cm³/mol. The summed E-state index contributed by atoms with van der Waals surface area (Å²) in [5.74, 6) is -0.357. The highest BCUT2D eigenvalue weighted by Crippen LogP contribution is 2.15. The van der Waals surface area contributed by atoms with E-state index in [0.717, 1.165) is 5.56 Å². The van der Waals surface area contributed by atoms with Crippen molar-refractivity contribution in [2.45, 2.75) is 30.2 Å². The molecule has 0 fully saturated rings. The summed E-state index contributed by atoms with van der Waals surface area (Å²) < 4.78 is 25.7. The van der Waals surface area contributed by atoms with Gasteiger partial charge in [-0.25, -0.2) is 18.1 Å². The third-order valence-corrected chi connectivity index (χ3v) is 5.10. The van der Waals surface area contributed by atoms with Crippen LogP contribution < -0.4 is 10.0 Å². The fraction of sp³-hybridized carbons (Fsp3) is 0.294. The first-order valence-electron chi connectivity index (χ1n) is 7.82. The van der Waals surface area contributed by atoms with Gasteiger partial charge in [-0.15, -0.1) is 0 Å². The fourth-order valence-corrected chi connectivity index (χ4v) is 3.05. The molecule has 0 aliphatic heterocycles. The van der Waals surface area contributed by atoms with Crippen LogP contribution in [0.3, 0.4) is 0 Å². The minimum absolute atomic E-state index is 0.0384. The number of carboxylic acid groups (broad SMARTS) is 1. The lowest BCUT2D eigenvalue weighted by Crippen LogP contribution is -2.24. The molecular weight excluding hydrogens is 342 g/mol. The maximum atomic E-state index is 11.7. The second-order valence-corrected chi connectivity index (χ2v) is 7.44. The molecule has 3 N–H and O–H groups in total. The van der Waals surface area contributed by atoms with Crippen molar-refractivity contribution in [1.82, 2.24) is 9.71 Å². The Morgan fingerprint density at radius 3 is 2.48 bits per heavy atom. The van der Waals surface area contributed by atoms with Gasteiger partial charge in [-0.3, -0.25) is 4.79 Å². The van der Waals surface area contributed by atoms with E-state index < -0.39 is 16.0 Å². The van der Waals surface area contributed by atoms with E-state index in [-0.39, 0.29) is 17.4 Å². The number of hydrogen-bond acceptors (Lipinski definition) is 5. The average Bonchev–Trinajstić information content (AvgIpc) is 2.61. The molecule has 2 aromatic rings. The summed E-state index contributed by atoms with van der Waals surface area (Å²) >= 11 is 0. The van der Waals surface area contributed by atoms with Crippen LogP contribution in [0.5, 0.6) is 0 Å². The molecule has 0 saturated carbocycles. The normalized spacial score (nSPS) is 12.5. The lowest BCUT2D eigenvalue weighted by Gasteiger charge is -2.19. The number of carbonyl (C=O) groups is 1. The molecule has 134 valence electrons. The largest absolute Gasteiger partial charge is 0.481 e. The van der Waals surface area contributed by atoms with Gasteiger partial charge in [0.05, 0.1) is 0 Å². The van der Waals surface area contributed by atoms with Crippen LogP contribution >= 0.6 is 0 Å². The molecule has 0 amide bonds. The number of anilines is 1. The van der Waals surface area contributed by atoms with Gasteiger partial charge in [0.25, 0.3) is 0 Å². The van der Waals surface area contributed by atoms with E-state index in [1.165, 1.54) is 19.3 Å². The van der Waals surface area contributed by atoms with Crippen LogP contribution in [0.25, 0.3) is 0 Å². The molecule has 0 saturated heterocycles. The van der Waals surface area contributed by atoms with Gasteiger partial charge < -0.3 is 10.4 Å². The van der Waals surface area contributed by atoms with Crippen molar-refractivity contribution < 1.29 is 18.3 Å². The van der Waals surface area contributed by atoms with Gasteiger partial charge in [-0.05, 0) is 37.6 Å². The molecule has 7 nitrogen and oxygen atoms in total. The van der Waals surface area contributed by atoms with E-state index in [0.29, 0.717) is 18.7 Å². The Kier molecular flexibility index (Phi) is 6.49. The Morgan fingerprint density at radius 2 is 1.92 bits per heavy atom. The molecule has 0 spiro atoms. The van der Waals surface area contributed by atoms with Crippen LogP contribution in [-0.4, -0.2) is 37.6 Å². The first-order chi connectivity index (χ1) is 11.9. The summed E-state index contributed by atoms with van der Waals surface area (Å²) in [7, 11) is -2.19. The average molecular weight is 363 g/mol. The van der Waals surface area contributed by atoms with Gasteiger partial charge >= 0.3 is 5.97 Å². The highest BCUT2D eigenvalue weighted by atomic mass is 32.2. The molecule has 1 unspecified atom stereocenters. The van der Waals surface area contributed by atoms with E-state index in [1.807, 2.05) is 30.3 Å². The van der Waals surface area contributed by atoms with Gasteiger partial charge in [-0.2, -0.15) is 0 Å². The molecule has 0 aliphatic rings. The maximum Gasteiger partial charge on any atom is 0.303 e. The summed E-state index contributed by atoms with van der Waals surface area (Å²) in [4.78, 5) is 15.1. The lowest BCUT2D eigenvalue weighted by molar-refractivity contribution is -0.137. The summed E-state index contributed by atoms with van der Waals surface area (Å²) in [6, 6.07) is 12.6. The van der Waals surface area contributed by atoms with E-state index in [9.17, 15) is 13.2 Å². The van der Waals surface area contributed by atoms with E-state index in [4.69, 9.17) is 5.11 Å². The van der Waals surface area contributed by atoms with Crippen molar-refractivity contribution in [3.8, 4) is 0 Å². The van der Waals surface area contributed by atoms with Gasteiger partial charge in [-0.1, -0.05) is 30.3 Å². The van der Waals surface area contributed by atoms with Gasteiger partial charge in [0, 0.05) is 18.7 Å². The zero-order valence-corrected chi connectivity index (χ0v) is 14.7. The number of benzene rings is 1. The third-order valence-electron chi connectivity index (χ3n) is 3.70. The Morgan fingerprint density at radius 1 is 1.20 bits per heavy atom. The van der Waals surface area contributed by atoms with Crippen LogP contribution in [0.4, 0.5) is 5.82 Å². The number of aliphatic carboxylic acids is 1. The smallest absolute Gasteiger partial charge is 0.303 e. The van der Waals surface area contributed by atoms with Crippen molar-refractivity contribution >= 4 is 21.8 Å². The first kappa shape index (κ1) is 18.9. The number of nitrogens with one attached hydrogen (secondary N) is 2. The second-order valence-electron chi connectivity index (χ2n) is 5.55. The number of carboxylic acids is 1. The van der Waals surface area contributed by atoms with Gasteiger partial charge in [0.15, 0.2) is 0 Å². The van der Waals surface area contributed by atoms with Crippen LogP contribution in [-0.2, 0) is 21.2 Å². The van der Waals surface area contributed by atoms with E-state index in [2.05, 4.69) is 15.0 Å². The molecule has 25 heavy (non-hydrogen) atoms. The Hall–Kier alpha value is -2.45. The molecule has 1 atom stereocenters. The van der Waals surface area contributed by atoms with Gasteiger partial charge in [0.1, 0.15) is 10.7 Å². The summed E-state index contributed by atoms with van der Waals surface area (Å²) in [5.41, 5.74) is 1.08. The minimum atomic E-state index is -3.53. The number of pyridine rings is 1. The monoisotopic (exact) mass is 363 g/mol. The second kappa shape index (κ2) is 8.59. The Balaban J connectivity index is 2.11. The van der Waals surface area contributed by atoms with E-state index in [1.54, 1.807) is 6.07 Å². The fourth-order valence-electron chi connectivity index (χ4n) is 2.37. The molecule has 1 aromatic heterocycles. The number of sulfonamides is 1. The maximum absolute atomic E-state index is 11.7. The quantitative estimate of drug-likeness (QED) is 0.628. The van der Waals surface area contributed by atoms with Crippen molar-refractivity contribution in [2.24, 2.45) is 0 Å². The van der Waals surface area contributed by atoms with Gasteiger partial charge in [0.2, 0.25) is 10.0 Å². The lowest BCUT2D eigenvalue weighted by atomic mass is 10.0. The van der Waals surface area contributed by atoms with Crippen molar-refractivity contribution in [3.05, 3.63) is 54.2 Å². The Bertz CT molecular complexity index is 792. The topological polar surface area (TPSA) is 108 Å².